The number of nitrogens with two attached hydrogens (primary N) is 1. The number of nitrogens with one attached hydrogen (secondary N) is 1. The van der Waals surface area contributed by atoms with Gasteiger partial charge in [0.2, 0.25) is 0 Å². The molecule has 84 valence electrons. The van der Waals surface area contributed by atoms with Crippen molar-refractivity contribution >= 4 is 11.7 Å². The molecule has 0 saturated carbocycles. The number of rotatable bonds is 5. The van der Waals surface area contributed by atoms with Crippen LogP contribution in [0.1, 0.15) is 45.4 Å². The van der Waals surface area contributed by atoms with Crippen LogP contribution in [0.5, 0.6) is 0 Å². The Morgan fingerprint density at radius 3 is 3.07 bits per heavy atom. The number of urea groups is 1. The topological polar surface area (TPSA) is 67.5 Å². The molecule has 4 heteroatoms. The number of amides is 2. The van der Waals surface area contributed by atoms with Gasteiger partial charge in [0.1, 0.15) is 0 Å². The molecule has 0 aromatic rings. The molecule has 3 N–H and O–H groups in total. The smallest absolute Gasteiger partial charge is 0.332 e. The molecule has 0 radical (unpaired) electrons. The third-order valence-corrected chi connectivity index (χ3v) is 2.49. The van der Waals surface area contributed by atoms with Crippen molar-refractivity contribution in [2.45, 2.75) is 45.4 Å². The summed E-state index contributed by atoms with van der Waals surface area (Å²) >= 11 is 0. The van der Waals surface area contributed by atoms with E-state index < -0.39 is 6.03 Å². The lowest BCUT2D eigenvalue weighted by molar-refractivity contribution is 0.249. The average molecular weight is 209 g/mol. The van der Waals surface area contributed by atoms with Gasteiger partial charge in [0.25, 0.3) is 0 Å². The molecule has 1 rings (SSSR count). The van der Waals surface area contributed by atoms with Gasteiger partial charge in [-0.3, -0.25) is 0 Å². The van der Waals surface area contributed by atoms with Crippen molar-refractivity contribution in [3.63, 3.8) is 0 Å². The molecule has 15 heavy (non-hydrogen) atoms. The van der Waals surface area contributed by atoms with Crippen LogP contribution in [0.3, 0.4) is 0 Å². The lowest BCUT2D eigenvalue weighted by Gasteiger charge is -2.04. The molecule has 0 spiro atoms. The van der Waals surface area contributed by atoms with E-state index >= 15 is 0 Å². The van der Waals surface area contributed by atoms with Crippen LogP contribution in [0.4, 0.5) is 4.79 Å². The quantitative estimate of drug-likeness (QED) is 0.529. The van der Waals surface area contributed by atoms with Gasteiger partial charge in [-0.05, 0) is 31.3 Å². The molecule has 4 nitrogen and oxygen atoms in total. The summed E-state index contributed by atoms with van der Waals surface area (Å²) in [6, 6.07) is -0.595. The SMILES string of the molecule is CCCCCC1=CCC/C1=N\NC(N)=O. The first-order chi connectivity index (χ1) is 7.24. The normalized spacial score (nSPS) is 17.9. The first-order valence-corrected chi connectivity index (χ1v) is 5.55. The van der Waals surface area contributed by atoms with Crippen molar-refractivity contribution in [3.05, 3.63) is 11.6 Å². The summed E-state index contributed by atoms with van der Waals surface area (Å²) in [5.41, 5.74) is 9.52. The number of carbonyl (C=O) groups excluding carboxylic acids is 1. The molecule has 0 aromatic carbocycles. The third kappa shape index (κ3) is 4.14. The Morgan fingerprint density at radius 2 is 2.40 bits per heavy atom. The van der Waals surface area contributed by atoms with Crippen LogP contribution in [0.2, 0.25) is 0 Å². The van der Waals surface area contributed by atoms with E-state index in [-0.39, 0.29) is 0 Å². The Bertz CT molecular complexity index is 282. The number of unbranched alkanes of at least 4 members (excludes halogenated alkanes) is 2. The van der Waals surface area contributed by atoms with Gasteiger partial charge in [0.05, 0.1) is 5.71 Å². The molecular weight excluding hydrogens is 190 g/mol. The predicted molar refractivity (Wildman–Crippen MR) is 61.6 cm³/mol. The van der Waals surface area contributed by atoms with E-state index in [0.717, 1.165) is 25.0 Å². The minimum atomic E-state index is -0.595. The molecule has 0 atom stereocenters. The molecule has 2 amide bonds. The summed E-state index contributed by atoms with van der Waals surface area (Å²) in [5, 5.41) is 4.01. The summed E-state index contributed by atoms with van der Waals surface area (Å²) in [6.07, 6.45) is 8.87. The van der Waals surface area contributed by atoms with Crippen molar-refractivity contribution in [2.24, 2.45) is 10.8 Å². The van der Waals surface area contributed by atoms with Crippen LogP contribution in [0.25, 0.3) is 0 Å². The van der Waals surface area contributed by atoms with E-state index in [4.69, 9.17) is 5.73 Å². The highest BCUT2D eigenvalue weighted by Gasteiger charge is 2.12. The van der Waals surface area contributed by atoms with Gasteiger partial charge in [0.15, 0.2) is 0 Å². The van der Waals surface area contributed by atoms with E-state index in [1.54, 1.807) is 0 Å². The second kappa shape index (κ2) is 6.22. The summed E-state index contributed by atoms with van der Waals surface area (Å²) in [5.74, 6) is 0. The second-order valence-electron chi connectivity index (χ2n) is 3.76. The van der Waals surface area contributed by atoms with Gasteiger partial charge in [-0.1, -0.05) is 25.8 Å². The molecule has 1 aliphatic rings. The third-order valence-electron chi connectivity index (χ3n) is 2.49. The summed E-state index contributed by atoms with van der Waals surface area (Å²) in [6.45, 7) is 2.19. The average Bonchev–Trinajstić information content (AvgIpc) is 2.63. The van der Waals surface area contributed by atoms with Crippen LogP contribution < -0.4 is 11.2 Å². The van der Waals surface area contributed by atoms with Crippen LogP contribution in [0.15, 0.2) is 16.8 Å². The van der Waals surface area contributed by atoms with Gasteiger partial charge in [-0.15, -0.1) is 0 Å². The van der Waals surface area contributed by atoms with E-state index in [0.29, 0.717) is 0 Å². The highest BCUT2D eigenvalue weighted by Crippen LogP contribution is 2.20. The molecule has 0 unspecified atom stereocenters. The summed E-state index contributed by atoms with van der Waals surface area (Å²) < 4.78 is 0. The summed E-state index contributed by atoms with van der Waals surface area (Å²) in [4.78, 5) is 10.5. The van der Waals surface area contributed by atoms with Crippen molar-refractivity contribution in [1.29, 1.82) is 0 Å². The molecule has 1 aliphatic carbocycles. The number of hydrogen-bond donors (Lipinski definition) is 2. The number of primary amides is 1. The zero-order valence-corrected chi connectivity index (χ0v) is 9.25. The Morgan fingerprint density at radius 1 is 1.60 bits per heavy atom. The fraction of sp³-hybridized carbons (Fsp3) is 0.636. The van der Waals surface area contributed by atoms with E-state index in [9.17, 15) is 4.79 Å². The second-order valence-corrected chi connectivity index (χ2v) is 3.76. The van der Waals surface area contributed by atoms with Crippen molar-refractivity contribution in [1.82, 2.24) is 5.43 Å². The zero-order valence-electron chi connectivity index (χ0n) is 9.25. The summed E-state index contributed by atoms with van der Waals surface area (Å²) in [7, 11) is 0. The van der Waals surface area contributed by atoms with Crippen LogP contribution in [-0.4, -0.2) is 11.7 Å². The minimum absolute atomic E-state index is 0.595. The van der Waals surface area contributed by atoms with Crippen LogP contribution in [0, 0.1) is 0 Å². The van der Waals surface area contributed by atoms with Gasteiger partial charge in [0, 0.05) is 0 Å². The Hall–Kier alpha value is -1.32. The zero-order chi connectivity index (χ0) is 11.1. The van der Waals surface area contributed by atoms with Gasteiger partial charge < -0.3 is 5.73 Å². The van der Waals surface area contributed by atoms with Crippen molar-refractivity contribution < 1.29 is 4.79 Å². The molecule has 0 aromatic heterocycles. The Balaban J connectivity index is 2.41. The maximum atomic E-state index is 10.5. The molecule has 0 saturated heterocycles. The highest BCUT2D eigenvalue weighted by molar-refractivity contribution is 6.02. The van der Waals surface area contributed by atoms with Crippen molar-refractivity contribution in [3.8, 4) is 0 Å². The standard InChI is InChI=1S/C11H19N3O/c1-2-3-4-6-9-7-5-8-10(9)13-14-11(12)15/h7H,2-6,8H2,1H3,(H3,12,14,15)/b13-10+. The van der Waals surface area contributed by atoms with Crippen molar-refractivity contribution in [2.75, 3.05) is 0 Å². The number of allylic oxidation sites excluding steroid dienone is 2. The lowest BCUT2D eigenvalue weighted by Crippen LogP contribution is -2.25. The lowest BCUT2D eigenvalue weighted by atomic mass is 10.1. The maximum Gasteiger partial charge on any atom is 0.332 e. The Labute approximate surface area is 90.6 Å². The highest BCUT2D eigenvalue weighted by atomic mass is 16.2. The van der Waals surface area contributed by atoms with Gasteiger partial charge in [-0.25, -0.2) is 10.2 Å². The molecule has 0 bridgehead atoms. The number of hydrazone groups is 1. The predicted octanol–water partition coefficient (Wildman–Crippen LogP) is 2.31. The maximum absolute atomic E-state index is 10.5. The van der Waals surface area contributed by atoms with Crippen LogP contribution in [-0.2, 0) is 0 Å². The fourth-order valence-electron chi connectivity index (χ4n) is 1.72. The van der Waals surface area contributed by atoms with E-state index in [1.807, 2.05) is 0 Å². The van der Waals surface area contributed by atoms with Gasteiger partial charge >= 0.3 is 6.03 Å². The molecule has 0 heterocycles. The largest absolute Gasteiger partial charge is 0.350 e. The molecule has 0 aliphatic heterocycles. The number of nitrogens with zero attached hydrogens (tertiary/aromatic N) is 1. The fourth-order valence-corrected chi connectivity index (χ4v) is 1.72. The molecule has 0 fully saturated rings. The molecular formula is C11H19N3O. The first-order valence-electron chi connectivity index (χ1n) is 5.55. The number of carbonyl (C=O) groups is 1. The van der Waals surface area contributed by atoms with E-state index in [2.05, 4.69) is 23.5 Å². The van der Waals surface area contributed by atoms with E-state index in [1.165, 1.54) is 24.8 Å². The monoisotopic (exact) mass is 209 g/mol. The first kappa shape index (κ1) is 11.8. The van der Waals surface area contributed by atoms with Crippen LogP contribution >= 0.6 is 0 Å². The minimum Gasteiger partial charge on any atom is -0.350 e. The Kier molecular flexibility index (Phi) is 4.87. The van der Waals surface area contributed by atoms with Gasteiger partial charge in [-0.2, -0.15) is 5.10 Å². The number of hydrogen-bond acceptors (Lipinski definition) is 2.